The summed E-state index contributed by atoms with van der Waals surface area (Å²) in [5.41, 5.74) is 4.46. The average molecular weight is 580 g/mol. The van der Waals surface area contributed by atoms with Crippen molar-refractivity contribution in [3.63, 3.8) is 0 Å². The first-order valence-electron chi connectivity index (χ1n) is 7.60. The Hall–Kier alpha value is 2.63. The molecule has 168 valence electrons. The van der Waals surface area contributed by atoms with Gasteiger partial charge in [-0.2, -0.15) is 4.98 Å². The van der Waals surface area contributed by atoms with E-state index in [0.717, 1.165) is 10.9 Å². The van der Waals surface area contributed by atoms with Crippen LogP contribution in [0.2, 0.25) is 0 Å². The van der Waals surface area contributed by atoms with Crippen molar-refractivity contribution in [3.05, 3.63) is 16.7 Å². The van der Waals surface area contributed by atoms with Gasteiger partial charge in [0.2, 0.25) is 12.2 Å². The largest absolute Gasteiger partial charge is 1.00 e. The van der Waals surface area contributed by atoms with Crippen molar-refractivity contribution >= 4 is 42.9 Å². The molecule has 3 heterocycles. The van der Waals surface area contributed by atoms with Crippen LogP contribution >= 0.6 is 14.5 Å². The van der Waals surface area contributed by atoms with Gasteiger partial charge in [0.1, 0.15) is 18.3 Å². The fourth-order valence-electron chi connectivity index (χ4n) is 2.57. The van der Waals surface area contributed by atoms with Gasteiger partial charge in [0.05, 0.1) is 14.2 Å². The summed E-state index contributed by atoms with van der Waals surface area (Å²) >= 11 is -0.702. The van der Waals surface area contributed by atoms with Crippen molar-refractivity contribution in [1.82, 2.24) is 19.5 Å². The van der Waals surface area contributed by atoms with Crippen LogP contribution in [0.5, 0.6) is 0 Å². The smallest absolute Gasteiger partial charge is 0.790 e. The van der Waals surface area contributed by atoms with Gasteiger partial charge in [-0.1, -0.05) is 4.18 Å². The molecule has 1 aliphatic rings. The summed E-state index contributed by atoms with van der Waals surface area (Å²) < 4.78 is 24.4. The molecule has 1 unspecified atom stereocenters. The number of rotatable bonds is 6. The summed E-state index contributed by atoms with van der Waals surface area (Å²) in [6.07, 6.45) is -8.02. The molecule has 1 saturated heterocycles. The SMILES string of the molecule is Nc1nc2c(ncn2[C@@H]2O[C@H](C(O)O[S+]=P([O-])([O-])OP(=O)([O-])[O-])[C@@H](O)[C@H]2O)c(=O)[nH]1.[Na+].[Na+].[Na+].[Na+]. The number of imidazole rings is 1. The maximum Gasteiger partial charge on any atom is 1.00 e. The van der Waals surface area contributed by atoms with Crippen molar-refractivity contribution < 1.29 is 171 Å². The number of hydrogen-bond donors (Lipinski definition) is 5. The van der Waals surface area contributed by atoms with Crippen molar-refractivity contribution in [3.8, 4) is 0 Å². The predicted molar refractivity (Wildman–Crippen MR) is 88.6 cm³/mol. The van der Waals surface area contributed by atoms with Crippen LogP contribution in [-0.4, -0.2) is 59.4 Å². The zero-order valence-corrected chi connectivity index (χ0v) is 28.8. The standard InChI is InChI=1S/C10H14N5O12P2S.4Na/c11-10-13-6-2(7(18)14-10)12-1-15(6)8-4(17)3(16)5(25-8)9(19)26-30-29(23,24)27-28(20,21)22;;;;/h1,3-5,8-9,16-17,19H,(H5-2,11,13,14,18,20,21,22,23,24);;;;/q-1;4*+1/p-2/t3-,4+,5-,8+,9?;;;;/m0..../s1. The number of phosphoric acid groups is 1. The van der Waals surface area contributed by atoms with Gasteiger partial charge in [-0.05, 0) is 0 Å². The van der Waals surface area contributed by atoms with Gasteiger partial charge in [-0.25, -0.2) is 4.98 Å². The molecule has 0 saturated carbocycles. The van der Waals surface area contributed by atoms with Crippen molar-refractivity contribution in [1.29, 1.82) is 0 Å². The molecule has 17 nitrogen and oxygen atoms in total. The molecule has 34 heavy (non-hydrogen) atoms. The molecule has 2 aromatic rings. The van der Waals surface area contributed by atoms with E-state index in [9.17, 15) is 44.3 Å². The summed E-state index contributed by atoms with van der Waals surface area (Å²) in [5, 5.41) is 30.2. The zero-order chi connectivity index (χ0) is 22.4. The number of nitrogen functional groups attached to an aromatic ring is 1. The Morgan fingerprint density at radius 1 is 1.21 bits per heavy atom. The van der Waals surface area contributed by atoms with Crippen molar-refractivity contribution in [2.24, 2.45) is 0 Å². The molecule has 0 spiro atoms. The summed E-state index contributed by atoms with van der Waals surface area (Å²) in [5.74, 6) is -0.279. The maximum absolute atomic E-state index is 11.8. The van der Waals surface area contributed by atoms with Crippen LogP contribution in [-0.2, 0) is 29.0 Å². The average Bonchev–Trinajstić information content (AvgIpc) is 3.13. The van der Waals surface area contributed by atoms with Crippen LogP contribution in [0.4, 0.5) is 5.95 Å². The van der Waals surface area contributed by atoms with E-state index in [1.165, 1.54) is 0 Å². The van der Waals surface area contributed by atoms with E-state index < -0.39 is 62.2 Å². The second-order valence-electron chi connectivity index (χ2n) is 5.79. The number of hydrogen-bond acceptors (Lipinski definition) is 15. The van der Waals surface area contributed by atoms with Crippen LogP contribution in [0.1, 0.15) is 6.23 Å². The maximum atomic E-state index is 11.8. The van der Waals surface area contributed by atoms with E-state index in [4.69, 9.17) is 10.5 Å². The van der Waals surface area contributed by atoms with E-state index >= 15 is 0 Å². The van der Waals surface area contributed by atoms with Gasteiger partial charge < -0.3 is 54.2 Å². The van der Waals surface area contributed by atoms with Gasteiger partial charge in [-0.3, -0.25) is 14.3 Å². The second kappa shape index (κ2) is 15.4. The number of aromatic amines is 1. The van der Waals surface area contributed by atoms with Crippen LogP contribution in [0, 0.1) is 0 Å². The van der Waals surface area contributed by atoms with Crippen LogP contribution in [0.15, 0.2) is 11.1 Å². The number of aromatic nitrogens is 4. The molecule has 24 heteroatoms. The van der Waals surface area contributed by atoms with Crippen molar-refractivity contribution in [2.75, 3.05) is 5.73 Å². The Kier molecular flexibility index (Phi) is 17.6. The Morgan fingerprint density at radius 2 is 1.79 bits per heavy atom. The molecule has 6 N–H and O–H groups in total. The number of ether oxygens (including phenoxy) is 1. The summed E-state index contributed by atoms with van der Waals surface area (Å²) in [6, 6.07) is 0. The first-order chi connectivity index (χ1) is 13.8. The summed E-state index contributed by atoms with van der Waals surface area (Å²) in [6.45, 7) is -5.43. The van der Waals surface area contributed by atoms with Crippen LogP contribution < -0.4 is 149 Å². The normalized spacial score (nSPS) is 23.1. The fourth-order valence-corrected chi connectivity index (χ4v) is 5.52. The number of nitrogens with zero attached hydrogens (tertiary/aromatic N) is 3. The molecule has 2 aromatic heterocycles. The van der Waals surface area contributed by atoms with E-state index in [0.29, 0.717) is 0 Å². The number of H-pyrrole nitrogens is 1. The molecule has 0 bridgehead atoms. The first-order valence-corrected chi connectivity index (χ1v) is 12.0. The zero-order valence-electron chi connectivity index (χ0n) is 18.2. The molecule has 1 aliphatic heterocycles. The van der Waals surface area contributed by atoms with E-state index in [1.807, 2.05) is 0 Å². The van der Waals surface area contributed by atoms with Crippen LogP contribution in [0.25, 0.3) is 11.2 Å². The Balaban J connectivity index is 0. The quantitative estimate of drug-likeness (QED) is 0.0697. The molecule has 0 aromatic carbocycles. The Morgan fingerprint density at radius 3 is 2.35 bits per heavy atom. The van der Waals surface area contributed by atoms with Gasteiger partial charge in [-0.15, -0.1) is 0 Å². The van der Waals surface area contributed by atoms with Gasteiger partial charge in [0.25, 0.3) is 5.56 Å². The minimum Gasteiger partial charge on any atom is -0.790 e. The molecule has 5 atom stereocenters. The van der Waals surface area contributed by atoms with Crippen molar-refractivity contribution in [2.45, 2.75) is 30.8 Å². The number of aliphatic hydroxyl groups is 3. The monoisotopic (exact) mass is 580 g/mol. The minimum atomic E-state index is -5.90. The van der Waals surface area contributed by atoms with E-state index in [-0.39, 0.29) is 135 Å². The number of aliphatic hydroxyl groups excluding tert-OH is 3. The van der Waals surface area contributed by atoms with Gasteiger partial charge >= 0.3 is 129 Å². The third kappa shape index (κ3) is 9.67. The Bertz CT molecular complexity index is 1110. The summed E-state index contributed by atoms with van der Waals surface area (Å²) in [4.78, 5) is 65.0. The Labute approximate surface area is 282 Å². The second-order valence-corrected chi connectivity index (χ2v) is 10.4. The molecule has 0 amide bonds. The summed E-state index contributed by atoms with van der Waals surface area (Å²) in [7, 11) is -5.90. The number of nitrogens with two attached hydrogens (primary N) is 1. The molecule has 1 fully saturated rings. The molecule has 3 rings (SSSR count). The van der Waals surface area contributed by atoms with Gasteiger partial charge in [0, 0.05) is 0 Å². The predicted octanol–water partition coefficient (Wildman–Crippen LogP) is -18.1. The minimum absolute atomic E-state index is 0. The molecular formula is C10H12N5Na4O12P2S+. The number of nitrogens with one attached hydrogen (secondary N) is 1. The molecule has 0 radical (unpaired) electrons. The number of anilines is 1. The third-order valence-electron chi connectivity index (χ3n) is 3.71. The first kappa shape index (κ1) is 38.8. The topological polar surface area (TPSA) is 287 Å². The molecule has 0 aliphatic carbocycles. The van der Waals surface area contributed by atoms with Gasteiger partial charge in [0.15, 0.2) is 24.1 Å². The number of fused-ring (bicyclic) bond motifs is 1. The fraction of sp³-hybridized carbons (Fsp3) is 0.500. The van der Waals surface area contributed by atoms with Crippen LogP contribution in [0.3, 0.4) is 0 Å². The van der Waals surface area contributed by atoms with E-state index in [1.54, 1.807) is 0 Å². The van der Waals surface area contributed by atoms with E-state index in [2.05, 4.69) is 23.4 Å². The molecular weight excluding hydrogens is 568 g/mol. The third-order valence-corrected chi connectivity index (χ3v) is 7.19.